The number of aromatic nitrogens is 1. The van der Waals surface area contributed by atoms with Gasteiger partial charge >= 0.3 is 0 Å². The van der Waals surface area contributed by atoms with Crippen LogP contribution < -0.4 is 0 Å². The van der Waals surface area contributed by atoms with E-state index in [4.69, 9.17) is 16.9 Å². The molecule has 0 aliphatic heterocycles. The monoisotopic (exact) mass is 346 g/mol. The Balaban J connectivity index is 2.24. The van der Waals surface area contributed by atoms with Crippen LogP contribution in [0.4, 0.5) is 4.39 Å². The van der Waals surface area contributed by atoms with Crippen LogP contribution >= 0.6 is 11.6 Å². The Morgan fingerprint density at radius 1 is 1.17 bits per heavy atom. The fraction of sp³-hybridized carbons (Fsp3) is 0. The van der Waals surface area contributed by atoms with Crippen molar-refractivity contribution in [2.75, 3.05) is 0 Å². The van der Waals surface area contributed by atoms with E-state index in [0.717, 1.165) is 6.20 Å². The summed E-state index contributed by atoms with van der Waals surface area (Å²) in [4.78, 5) is 3.73. The third kappa shape index (κ3) is 2.65. The molecule has 7 heteroatoms. The summed E-state index contributed by atoms with van der Waals surface area (Å²) in [7, 11) is -3.94. The van der Waals surface area contributed by atoms with Crippen LogP contribution in [0.3, 0.4) is 0 Å². The fourth-order valence-corrected chi connectivity index (χ4v) is 4.01. The highest BCUT2D eigenvalue weighted by Crippen LogP contribution is 2.32. The topological polar surface area (TPSA) is 70.8 Å². The summed E-state index contributed by atoms with van der Waals surface area (Å²) in [6.45, 7) is 0. The van der Waals surface area contributed by atoms with E-state index in [1.807, 2.05) is 6.07 Å². The summed E-state index contributed by atoms with van der Waals surface area (Å²) in [6.07, 6.45) is 1.10. The molecule has 1 aromatic heterocycles. The van der Waals surface area contributed by atoms with Gasteiger partial charge in [0, 0.05) is 17.6 Å². The minimum atomic E-state index is -3.94. The van der Waals surface area contributed by atoms with E-state index in [9.17, 15) is 12.8 Å². The number of sulfone groups is 1. The summed E-state index contributed by atoms with van der Waals surface area (Å²) in [6, 6.07) is 11.2. The van der Waals surface area contributed by atoms with Crippen LogP contribution in [0.1, 0.15) is 5.56 Å². The molecule has 114 valence electrons. The highest BCUT2D eigenvalue weighted by molar-refractivity contribution is 7.91. The molecule has 0 bridgehead atoms. The second-order valence-electron chi connectivity index (χ2n) is 4.74. The molecule has 0 N–H and O–H groups in total. The van der Waals surface area contributed by atoms with E-state index >= 15 is 0 Å². The highest BCUT2D eigenvalue weighted by Gasteiger charge is 2.23. The van der Waals surface area contributed by atoms with Crippen LogP contribution in [0.5, 0.6) is 0 Å². The predicted molar refractivity (Wildman–Crippen MR) is 83.3 cm³/mol. The Morgan fingerprint density at radius 2 is 1.96 bits per heavy atom. The lowest BCUT2D eigenvalue weighted by molar-refractivity contribution is 0.596. The lowest BCUT2D eigenvalue weighted by Crippen LogP contribution is -2.04. The third-order valence-electron chi connectivity index (χ3n) is 3.30. The van der Waals surface area contributed by atoms with Crippen LogP contribution in [0.15, 0.2) is 58.5 Å². The molecule has 0 amide bonds. The largest absolute Gasteiger partial charge is 0.255 e. The maximum atomic E-state index is 13.2. The SMILES string of the molecule is N#Cc1cccc(S(=O)(=O)c2cnc3cc(F)ccc3c2Cl)c1. The number of pyridine rings is 1. The van der Waals surface area contributed by atoms with Gasteiger partial charge in [0.05, 0.1) is 27.1 Å². The van der Waals surface area contributed by atoms with Crippen molar-refractivity contribution in [2.45, 2.75) is 9.79 Å². The van der Waals surface area contributed by atoms with E-state index in [1.165, 1.54) is 42.5 Å². The Hall–Kier alpha value is -2.49. The van der Waals surface area contributed by atoms with E-state index in [0.29, 0.717) is 5.39 Å². The number of hydrogen-bond acceptors (Lipinski definition) is 4. The Morgan fingerprint density at radius 3 is 2.70 bits per heavy atom. The standard InChI is InChI=1S/C16H8ClFN2O2S/c17-16-13-5-4-11(18)7-14(13)20-9-15(16)23(21,22)12-3-1-2-10(6-12)8-19/h1-7,9H. The van der Waals surface area contributed by atoms with Crippen molar-refractivity contribution in [1.29, 1.82) is 5.26 Å². The normalized spacial score (nSPS) is 11.3. The van der Waals surface area contributed by atoms with Gasteiger partial charge in [-0.15, -0.1) is 0 Å². The molecule has 23 heavy (non-hydrogen) atoms. The van der Waals surface area contributed by atoms with Gasteiger partial charge in [-0.2, -0.15) is 5.26 Å². The highest BCUT2D eigenvalue weighted by atomic mass is 35.5. The molecule has 0 atom stereocenters. The van der Waals surface area contributed by atoms with Crippen molar-refractivity contribution in [2.24, 2.45) is 0 Å². The molecule has 0 radical (unpaired) electrons. The van der Waals surface area contributed by atoms with Crippen molar-refractivity contribution in [3.63, 3.8) is 0 Å². The molecule has 4 nitrogen and oxygen atoms in total. The van der Waals surface area contributed by atoms with Gasteiger partial charge in [-0.05, 0) is 30.3 Å². The number of benzene rings is 2. The zero-order chi connectivity index (χ0) is 16.6. The zero-order valence-electron chi connectivity index (χ0n) is 11.5. The van der Waals surface area contributed by atoms with E-state index < -0.39 is 15.7 Å². The van der Waals surface area contributed by atoms with Crippen LogP contribution in [-0.4, -0.2) is 13.4 Å². The Kier molecular flexibility index (Phi) is 3.76. The van der Waals surface area contributed by atoms with Crippen LogP contribution in [0.25, 0.3) is 10.9 Å². The lowest BCUT2D eigenvalue weighted by Gasteiger charge is -2.09. The molecule has 3 rings (SSSR count). The summed E-state index contributed by atoms with van der Waals surface area (Å²) in [5.74, 6) is -0.488. The van der Waals surface area contributed by atoms with Crippen molar-refractivity contribution in [3.05, 3.63) is 65.1 Å². The molecule has 0 unspecified atom stereocenters. The number of nitriles is 1. The van der Waals surface area contributed by atoms with Crippen molar-refractivity contribution in [1.82, 2.24) is 4.98 Å². The van der Waals surface area contributed by atoms with Crippen molar-refractivity contribution in [3.8, 4) is 6.07 Å². The number of halogens is 2. The van der Waals surface area contributed by atoms with Gasteiger partial charge < -0.3 is 0 Å². The molecule has 3 aromatic rings. The molecule has 0 saturated carbocycles. The summed E-state index contributed by atoms with van der Waals surface area (Å²) in [5, 5.41) is 9.21. The van der Waals surface area contributed by atoms with Crippen LogP contribution in [0, 0.1) is 17.1 Å². The third-order valence-corrected chi connectivity index (χ3v) is 5.58. The maximum Gasteiger partial charge on any atom is 0.209 e. The minimum Gasteiger partial charge on any atom is -0.255 e. The van der Waals surface area contributed by atoms with Gasteiger partial charge in [-0.3, -0.25) is 4.98 Å². The second-order valence-corrected chi connectivity index (χ2v) is 7.04. The number of rotatable bonds is 2. The zero-order valence-corrected chi connectivity index (χ0v) is 13.1. The Labute approximate surface area is 136 Å². The van der Waals surface area contributed by atoms with Crippen molar-refractivity contribution >= 4 is 32.3 Å². The minimum absolute atomic E-state index is 0.0302. The molecule has 0 fully saturated rings. The average Bonchev–Trinajstić information content (AvgIpc) is 2.54. The molecule has 0 aliphatic carbocycles. The van der Waals surface area contributed by atoms with E-state index in [-0.39, 0.29) is 25.9 Å². The quantitative estimate of drug-likeness (QED) is 0.708. The maximum absolute atomic E-state index is 13.2. The first-order valence-electron chi connectivity index (χ1n) is 6.42. The fourth-order valence-electron chi connectivity index (χ4n) is 2.16. The van der Waals surface area contributed by atoms with Crippen LogP contribution in [0.2, 0.25) is 5.02 Å². The van der Waals surface area contributed by atoms with Crippen LogP contribution in [-0.2, 0) is 9.84 Å². The van der Waals surface area contributed by atoms with Gasteiger partial charge in [0.15, 0.2) is 0 Å². The molecule has 1 heterocycles. The van der Waals surface area contributed by atoms with Gasteiger partial charge in [0.2, 0.25) is 9.84 Å². The summed E-state index contributed by atoms with van der Waals surface area (Å²) >= 11 is 6.20. The first kappa shape index (κ1) is 15.4. The number of fused-ring (bicyclic) bond motifs is 1. The van der Waals surface area contributed by atoms with Crippen molar-refractivity contribution < 1.29 is 12.8 Å². The molecule has 2 aromatic carbocycles. The number of nitrogens with zero attached hydrogens (tertiary/aromatic N) is 2. The van der Waals surface area contributed by atoms with Gasteiger partial charge in [-0.1, -0.05) is 17.7 Å². The molecule has 0 spiro atoms. The first-order chi connectivity index (χ1) is 10.9. The van der Waals surface area contributed by atoms with Gasteiger partial charge in [0.1, 0.15) is 10.7 Å². The average molecular weight is 347 g/mol. The first-order valence-corrected chi connectivity index (χ1v) is 8.28. The molecular weight excluding hydrogens is 339 g/mol. The van der Waals surface area contributed by atoms with E-state index in [2.05, 4.69) is 4.98 Å². The molecular formula is C16H8ClFN2O2S. The second kappa shape index (κ2) is 5.61. The Bertz CT molecular complexity index is 1080. The summed E-state index contributed by atoms with van der Waals surface area (Å²) in [5.41, 5.74) is 0.484. The lowest BCUT2D eigenvalue weighted by atomic mass is 10.2. The number of hydrogen-bond donors (Lipinski definition) is 0. The van der Waals surface area contributed by atoms with E-state index in [1.54, 1.807) is 0 Å². The molecule has 0 saturated heterocycles. The predicted octanol–water partition coefficient (Wildman–Crippen LogP) is 3.73. The molecule has 0 aliphatic rings. The van der Waals surface area contributed by atoms with Gasteiger partial charge in [-0.25, -0.2) is 12.8 Å². The van der Waals surface area contributed by atoms with Gasteiger partial charge in [0.25, 0.3) is 0 Å². The smallest absolute Gasteiger partial charge is 0.209 e. The summed E-state index contributed by atoms with van der Waals surface area (Å²) < 4.78 is 38.7.